The van der Waals surface area contributed by atoms with Gasteiger partial charge in [-0.05, 0) is 92.5 Å². The minimum absolute atomic E-state index is 0.0248. The molecular weight excluding hydrogens is 478 g/mol. The Hall–Kier alpha value is -2.28. The van der Waals surface area contributed by atoms with Crippen LogP contribution in [-0.2, 0) is 12.8 Å². The molecule has 2 aliphatic carbocycles. The second-order valence-corrected chi connectivity index (χ2v) is 13.1. The number of nitrogens with one attached hydrogen (secondary N) is 2. The standard InChI is InChI=1S/C31H41N3O2S/c1-31(2,3)23-9-14-26-21(18-23)17-22-19-28(37-30(22)34-26)29(36)33-27(20-7-5-4-6-8-20)15-16-32-24-10-12-25(35)13-11-24/h4-8,17,19,23-25,27,32,35H,9-16,18H2,1-3H3,(H,33,36)/t23-,24?,25?,27?/m0/s1. The predicted molar refractivity (Wildman–Crippen MR) is 152 cm³/mol. The van der Waals surface area contributed by atoms with Crippen LogP contribution in [0.2, 0.25) is 0 Å². The molecule has 1 fully saturated rings. The second kappa shape index (κ2) is 11.2. The van der Waals surface area contributed by atoms with E-state index in [9.17, 15) is 9.90 Å². The molecule has 2 heterocycles. The summed E-state index contributed by atoms with van der Waals surface area (Å²) in [4.78, 5) is 20.1. The summed E-state index contributed by atoms with van der Waals surface area (Å²) in [5.74, 6) is 0.641. The summed E-state index contributed by atoms with van der Waals surface area (Å²) in [6.45, 7) is 7.83. The third-order valence-electron chi connectivity index (χ3n) is 8.39. The number of amides is 1. The quantitative estimate of drug-likeness (QED) is 0.347. The predicted octanol–water partition coefficient (Wildman–Crippen LogP) is 6.20. The number of rotatable bonds is 7. The minimum Gasteiger partial charge on any atom is -0.393 e. The van der Waals surface area contributed by atoms with Crippen LogP contribution in [0.3, 0.4) is 0 Å². The highest BCUT2D eigenvalue weighted by molar-refractivity contribution is 7.20. The van der Waals surface area contributed by atoms with Crippen molar-refractivity contribution < 1.29 is 9.90 Å². The van der Waals surface area contributed by atoms with E-state index in [0.29, 0.717) is 17.4 Å². The molecule has 3 aromatic rings. The minimum atomic E-state index is -0.143. The van der Waals surface area contributed by atoms with Crippen molar-refractivity contribution in [3.05, 3.63) is 64.2 Å². The largest absolute Gasteiger partial charge is 0.393 e. The summed E-state index contributed by atoms with van der Waals surface area (Å²) in [6, 6.07) is 15.0. The zero-order chi connectivity index (χ0) is 26.0. The highest BCUT2D eigenvalue weighted by Gasteiger charge is 2.30. The van der Waals surface area contributed by atoms with Crippen LogP contribution in [0.15, 0.2) is 42.5 Å². The molecule has 1 unspecified atom stereocenters. The van der Waals surface area contributed by atoms with Crippen LogP contribution in [-0.4, -0.2) is 34.7 Å². The van der Waals surface area contributed by atoms with Crippen LogP contribution < -0.4 is 10.6 Å². The Kier molecular flexibility index (Phi) is 7.99. The molecule has 198 valence electrons. The van der Waals surface area contributed by atoms with Gasteiger partial charge in [0.05, 0.1) is 17.0 Å². The average Bonchev–Trinajstić information content (AvgIpc) is 3.30. The summed E-state index contributed by atoms with van der Waals surface area (Å²) >= 11 is 1.51. The third kappa shape index (κ3) is 6.42. The third-order valence-corrected chi connectivity index (χ3v) is 9.44. The van der Waals surface area contributed by atoms with Gasteiger partial charge < -0.3 is 15.7 Å². The fourth-order valence-electron chi connectivity index (χ4n) is 5.92. The molecule has 0 saturated heterocycles. The number of hydrogen-bond acceptors (Lipinski definition) is 5. The van der Waals surface area contributed by atoms with Crippen LogP contribution in [0, 0.1) is 11.3 Å². The van der Waals surface area contributed by atoms with E-state index >= 15 is 0 Å². The molecule has 2 atom stereocenters. The summed E-state index contributed by atoms with van der Waals surface area (Å²) < 4.78 is 0. The maximum atomic E-state index is 13.4. The number of carbonyl (C=O) groups is 1. The van der Waals surface area contributed by atoms with Crippen molar-refractivity contribution in [2.45, 2.75) is 90.3 Å². The molecule has 0 radical (unpaired) electrons. The zero-order valence-electron chi connectivity index (χ0n) is 22.4. The maximum Gasteiger partial charge on any atom is 0.261 e. The Balaban J connectivity index is 1.28. The summed E-state index contributed by atoms with van der Waals surface area (Å²) in [5, 5.41) is 17.8. The lowest BCUT2D eigenvalue weighted by molar-refractivity contribution is 0.0937. The van der Waals surface area contributed by atoms with Gasteiger partial charge in [0.25, 0.3) is 5.91 Å². The fourth-order valence-corrected chi connectivity index (χ4v) is 6.86. The number of aliphatic hydroxyl groups excluding tert-OH is 1. The summed E-state index contributed by atoms with van der Waals surface area (Å²) in [5.41, 5.74) is 3.99. The number of benzene rings is 1. The molecule has 0 aliphatic heterocycles. The van der Waals surface area contributed by atoms with Gasteiger partial charge in [0.1, 0.15) is 4.83 Å². The first-order valence-electron chi connectivity index (χ1n) is 14.0. The molecule has 1 amide bonds. The van der Waals surface area contributed by atoms with Crippen LogP contribution in [0.25, 0.3) is 10.2 Å². The van der Waals surface area contributed by atoms with Gasteiger partial charge in [-0.1, -0.05) is 51.1 Å². The van der Waals surface area contributed by atoms with Gasteiger partial charge in [-0.2, -0.15) is 0 Å². The van der Waals surface area contributed by atoms with Crippen LogP contribution in [0.1, 0.15) is 91.8 Å². The normalized spacial score (nSPS) is 23.0. The molecule has 0 spiro atoms. The first-order valence-corrected chi connectivity index (χ1v) is 14.8. The molecule has 6 heteroatoms. The maximum absolute atomic E-state index is 13.4. The SMILES string of the molecule is CC(C)(C)[C@H]1CCc2nc3sc(C(=O)NC(CCNC4CCC(O)CC4)c4ccccc4)cc3cc2C1. The van der Waals surface area contributed by atoms with E-state index in [4.69, 9.17) is 4.98 Å². The Morgan fingerprint density at radius 2 is 1.86 bits per heavy atom. The summed E-state index contributed by atoms with van der Waals surface area (Å²) in [7, 11) is 0. The van der Waals surface area contributed by atoms with Crippen LogP contribution in [0.5, 0.6) is 0 Å². The van der Waals surface area contributed by atoms with Gasteiger partial charge in [0.2, 0.25) is 0 Å². The highest BCUT2D eigenvalue weighted by Crippen LogP contribution is 2.38. The van der Waals surface area contributed by atoms with Gasteiger partial charge in [0, 0.05) is 17.1 Å². The number of carbonyl (C=O) groups excluding carboxylic acids is 1. The van der Waals surface area contributed by atoms with Crippen LogP contribution >= 0.6 is 11.3 Å². The van der Waals surface area contributed by atoms with E-state index in [-0.39, 0.29) is 18.1 Å². The van der Waals surface area contributed by atoms with Gasteiger partial charge in [-0.25, -0.2) is 4.98 Å². The van der Waals surface area contributed by atoms with Crippen molar-refractivity contribution in [1.29, 1.82) is 0 Å². The van der Waals surface area contributed by atoms with E-state index in [1.807, 2.05) is 24.3 Å². The van der Waals surface area contributed by atoms with Crippen molar-refractivity contribution >= 4 is 27.5 Å². The van der Waals surface area contributed by atoms with Gasteiger partial charge in [0.15, 0.2) is 0 Å². The first-order chi connectivity index (χ1) is 17.8. The first kappa shape index (κ1) is 26.3. The molecule has 37 heavy (non-hydrogen) atoms. The van der Waals surface area contributed by atoms with E-state index in [1.165, 1.54) is 29.0 Å². The summed E-state index contributed by atoms with van der Waals surface area (Å²) in [6.07, 6.45) is 7.72. The van der Waals surface area contributed by atoms with Crippen molar-refractivity contribution in [3.8, 4) is 0 Å². The van der Waals surface area contributed by atoms with Crippen molar-refractivity contribution in [3.63, 3.8) is 0 Å². The molecule has 2 aromatic heterocycles. The number of fused-ring (bicyclic) bond motifs is 2. The highest BCUT2D eigenvalue weighted by atomic mass is 32.1. The van der Waals surface area contributed by atoms with E-state index in [2.05, 4.69) is 49.6 Å². The fraction of sp³-hybridized carbons (Fsp3) is 0.548. The van der Waals surface area contributed by atoms with E-state index in [0.717, 1.165) is 72.1 Å². The van der Waals surface area contributed by atoms with Gasteiger partial charge in [-0.15, -0.1) is 11.3 Å². The topological polar surface area (TPSA) is 74.2 Å². The number of aryl methyl sites for hydroxylation is 1. The van der Waals surface area contributed by atoms with Crippen molar-refractivity contribution in [2.24, 2.45) is 11.3 Å². The lowest BCUT2D eigenvalue weighted by atomic mass is 9.71. The number of aromatic nitrogens is 1. The lowest BCUT2D eigenvalue weighted by Gasteiger charge is -2.34. The molecule has 0 bridgehead atoms. The Bertz CT molecular complexity index is 1210. The smallest absolute Gasteiger partial charge is 0.261 e. The molecule has 2 aliphatic rings. The number of thiophene rings is 1. The second-order valence-electron chi connectivity index (χ2n) is 12.1. The van der Waals surface area contributed by atoms with E-state index in [1.54, 1.807) is 0 Å². The number of aliphatic hydroxyl groups is 1. The van der Waals surface area contributed by atoms with Crippen molar-refractivity contribution in [1.82, 2.24) is 15.6 Å². The molecule has 1 aromatic carbocycles. The molecule has 5 nitrogen and oxygen atoms in total. The Labute approximate surface area is 225 Å². The number of nitrogens with zero attached hydrogens (tertiary/aromatic N) is 1. The van der Waals surface area contributed by atoms with Crippen LogP contribution in [0.4, 0.5) is 0 Å². The Morgan fingerprint density at radius 1 is 1.11 bits per heavy atom. The molecule has 5 rings (SSSR count). The van der Waals surface area contributed by atoms with Gasteiger partial charge >= 0.3 is 0 Å². The molecular formula is C31H41N3O2S. The molecule has 3 N–H and O–H groups in total. The van der Waals surface area contributed by atoms with Crippen molar-refractivity contribution in [2.75, 3.05) is 6.54 Å². The van der Waals surface area contributed by atoms with Gasteiger partial charge in [-0.3, -0.25) is 4.79 Å². The number of pyridine rings is 1. The zero-order valence-corrected chi connectivity index (χ0v) is 23.2. The molecule has 1 saturated carbocycles. The van der Waals surface area contributed by atoms with E-state index < -0.39 is 0 Å². The average molecular weight is 520 g/mol. The monoisotopic (exact) mass is 519 g/mol. The number of hydrogen-bond donors (Lipinski definition) is 3. The Morgan fingerprint density at radius 3 is 2.59 bits per heavy atom. The lowest BCUT2D eigenvalue weighted by Crippen LogP contribution is -2.37.